The van der Waals surface area contributed by atoms with Crippen LogP contribution in [-0.2, 0) is 6.54 Å². The monoisotopic (exact) mass is 348 g/mol. The van der Waals surface area contributed by atoms with Crippen LogP contribution in [0.2, 0.25) is 0 Å². The van der Waals surface area contributed by atoms with E-state index in [1.807, 2.05) is 16.8 Å². The zero-order valence-electron chi connectivity index (χ0n) is 13.8. The van der Waals surface area contributed by atoms with Gasteiger partial charge in [0.25, 0.3) is 5.56 Å². The van der Waals surface area contributed by atoms with Crippen molar-refractivity contribution in [1.82, 2.24) is 34.3 Å². The Morgan fingerprint density at radius 2 is 2.15 bits per heavy atom. The summed E-state index contributed by atoms with van der Waals surface area (Å²) in [6.07, 6.45) is 11.8. The van der Waals surface area contributed by atoms with Gasteiger partial charge in [-0.15, -0.1) is 0 Å². The van der Waals surface area contributed by atoms with Crippen LogP contribution < -0.4 is 10.9 Å². The second kappa shape index (κ2) is 7.01. The molecule has 4 heterocycles. The average molecular weight is 348 g/mol. The van der Waals surface area contributed by atoms with Gasteiger partial charge in [-0.3, -0.25) is 14.9 Å². The van der Waals surface area contributed by atoms with Crippen LogP contribution in [0.25, 0.3) is 16.9 Å². The standard InChI is InChI=1S/C17H16N8O/c26-17-14(13-2-1-3-18-9-13)10-23-25(17)16-8-15(21-11-22-16)20-5-7-24-6-4-19-12-24/h1-4,6,8-12,23H,5,7H2,(H,20,21,22). The minimum Gasteiger partial charge on any atom is -0.368 e. The highest BCUT2D eigenvalue weighted by molar-refractivity contribution is 5.60. The molecule has 9 heteroatoms. The molecule has 0 saturated carbocycles. The molecule has 0 aliphatic rings. The maximum absolute atomic E-state index is 12.7. The van der Waals surface area contributed by atoms with E-state index >= 15 is 0 Å². The van der Waals surface area contributed by atoms with Gasteiger partial charge >= 0.3 is 0 Å². The molecule has 130 valence electrons. The van der Waals surface area contributed by atoms with E-state index in [1.54, 1.807) is 43.2 Å². The fraction of sp³-hybridized carbons (Fsp3) is 0.118. The van der Waals surface area contributed by atoms with Gasteiger partial charge in [0.05, 0.1) is 11.9 Å². The lowest BCUT2D eigenvalue weighted by molar-refractivity contribution is 0.724. The molecule has 2 N–H and O–H groups in total. The molecule has 0 aliphatic carbocycles. The Hall–Kier alpha value is -3.75. The third kappa shape index (κ3) is 3.22. The van der Waals surface area contributed by atoms with Crippen LogP contribution in [0.4, 0.5) is 5.82 Å². The maximum atomic E-state index is 12.7. The van der Waals surface area contributed by atoms with Crippen LogP contribution in [0.5, 0.6) is 0 Å². The first kappa shape index (κ1) is 15.8. The van der Waals surface area contributed by atoms with E-state index in [9.17, 15) is 4.79 Å². The molecule has 0 spiro atoms. The van der Waals surface area contributed by atoms with E-state index in [4.69, 9.17) is 0 Å². The molecule has 0 amide bonds. The third-order valence-corrected chi connectivity index (χ3v) is 3.86. The number of anilines is 1. The largest absolute Gasteiger partial charge is 0.368 e. The Kier molecular flexibility index (Phi) is 4.25. The Morgan fingerprint density at radius 3 is 2.96 bits per heavy atom. The van der Waals surface area contributed by atoms with Crippen molar-refractivity contribution < 1.29 is 0 Å². The van der Waals surface area contributed by atoms with E-state index < -0.39 is 0 Å². The Morgan fingerprint density at radius 1 is 1.19 bits per heavy atom. The van der Waals surface area contributed by atoms with Crippen molar-refractivity contribution >= 4 is 5.82 Å². The SMILES string of the molecule is O=c1c(-c2cccnc2)c[nH]n1-c1cc(NCCn2ccnc2)ncn1. The van der Waals surface area contributed by atoms with Crippen LogP contribution >= 0.6 is 0 Å². The summed E-state index contributed by atoms with van der Waals surface area (Å²) in [6, 6.07) is 5.35. The molecule has 0 atom stereocenters. The van der Waals surface area contributed by atoms with Gasteiger partial charge in [0.15, 0.2) is 5.82 Å². The summed E-state index contributed by atoms with van der Waals surface area (Å²) in [5.74, 6) is 1.10. The average Bonchev–Trinajstić information content (AvgIpc) is 3.32. The van der Waals surface area contributed by atoms with Crippen LogP contribution in [0.15, 0.2) is 66.6 Å². The van der Waals surface area contributed by atoms with Gasteiger partial charge in [-0.1, -0.05) is 6.07 Å². The highest BCUT2D eigenvalue weighted by atomic mass is 16.1. The first-order valence-electron chi connectivity index (χ1n) is 8.04. The van der Waals surface area contributed by atoms with E-state index in [0.717, 1.165) is 12.1 Å². The molecular formula is C17H16N8O. The number of H-pyrrole nitrogens is 1. The highest BCUT2D eigenvalue weighted by Gasteiger charge is 2.11. The minimum absolute atomic E-state index is 0.193. The summed E-state index contributed by atoms with van der Waals surface area (Å²) in [7, 11) is 0. The van der Waals surface area contributed by atoms with E-state index in [0.29, 0.717) is 23.7 Å². The zero-order valence-corrected chi connectivity index (χ0v) is 13.8. The second-order valence-corrected chi connectivity index (χ2v) is 5.56. The van der Waals surface area contributed by atoms with Gasteiger partial charge < -0.3 is 9.88 Å². The number of rotatable bonds is 6. The number of aromatic amines is 1. The van der Waals surface area contributed by atoms with Crippen molar-refractivity contribution in [2.24, 2.45) is 0 Å². The van der Waals surface area contributed by atoms with Crippen LogP contribution in [0.3, 0.4) is 0 Å². The summed E-state index contributed by atoms with van der Waals surface area (Å²) < 4.78 is 3.34. The molecule has 9 nitrogen and oxygen atoms in total. The van der Waals surface area contributed by atoms with Gasteiger partial charge in [-0.25, -0.2) is 19.6 Å². The number of hydrogen-bond acceptors (Lipinski definition) is 6. The Labute approximate surface area is 148 Å². The summed E-state index contributed by atoms with van der Waals surface area (Å²) in [4.78, 5) is 29.1. The van der Waals surface area contributed by atoms with E-state index in [2.05, 4.69) is 30.4 Å². The molecule has 4 aromatic heterocycles. The van der Waals surface area contributed by atoms with Crippen molar-refractivity contribution in [3.8, 4) is 16.9 Å². The van der Waals surface area contributed by atoms with Crippen molar-refractivity contribution in [3.63, 3.8) is 0 Å². The van der Waals surface area contributed by atoms with Gasteiger partial charge in [0, 0.05) is 55.7 Å². The van der Waals surface area contributed by atoms with Crippen molar-refractivity contribution in [2.75, 3.05) is 11.9 Å². The first-order valence-corrected chi connectivity index (χ1v) is 8.04. The van der Waals surface area contributed by atoms with Crippen LogP contribution in [-0.4, -0.2) is 40.8 Å². The topological polar surface area (TPSA) is 106 Å². The molecular weight excluding hydrogens is 332 g/mol. The molecule has 4 aromatic rings. The number of pyridine rings is 1. The second-order valence-electron chi connectivity index (χ2n) is 5.56. The van der Waals surface area contributed by atoms with Gasteiger partial charge in [-0.2, -0.15) is 0 Å². The van der Waals surface area contributed by atoms with Crippen LogP contribution in [0, 0.1) is 0 Å². The number of nitrogens with one attached hydrogen (secondary N) is 2. The summed E-state index contributed by atoms with van der Waals surface area (Å²) in [6.45, 7) is 1.43. The van der Waals surface area contributed by atoms with Crippen molar-refractivity contribution in [1.29, 1.82) is 0 Å². The first-order chi connectivity index (χ1) is 12.8. The van der Waals surface area contributed by atoms with Crippen molar-refractivity contribution in [2.45, 2.75) is 6.54 Å². The third-order valence-electron chi connectivity index (χ3n) is 3.86. The normalized spacial score (nSPS) is 10.8. The molecule has 0 aromatic carbocycles. The molecule has 0 fully saturated rings. The maximum Gasteiger partial charge on any atom is 0.280 e. The van der Waals surface area contributed by atoms with E-state index in [-0.39, 0.29) is 5.56 Å². The zero-order chi connectivity index (χ0) is 17.8. The molecule has 4 rings (SSSR count). The highest BCUT2D eigenvalue weighted by Crippen LogP contribution is 2.14. The molecule has 26 heavy (non-hydrogen) atoms. The number of imidazole rings is 1. The molecule has 0 unspecified atom stereocenters. The molecule has 0 radical (unpaired) electrons. The Bertz CT molecular complexity index is 1040. The van der Waals surface area contributed by atoms with Gasteiger partial charge in [0.2, 0.25) is 0 Å². The Balaban J connectivity index is 1.53. The predicted octanol–water partition coefficient (Wildman–Crippen LogP) is 1.33. The number of nitrogens with zero attached hydrogens (tertiary/aromatic N) is 6. The quantitative estimate of drug-likeness (QED) is 0.544. The van der Waals surface area contributed by atoms with E-state index in [1.165, 1.54) is 11.0 Å². The smallest absolute Gasteiger partial charge is 0.280 e. The fourth-order valence-corrected chi connectivity index (χ4v) is 2.57. The predicted molar refractivity (Wildman–Crippen MR) is 95.9 cm³/mol. The van der Waals surface area contributed by atoms with Gasteiger partial charge in [0.1, 0.15) is 12.1 Å². The minimum atomic E-state index is -0.193. The summed E-state index contributed by atoms with van der Waals surface area (Å²) >= 11 is 0. The fourth-order valence-electron chi connectivity index (χ4n) is 2.57. The molecule has 0 saturated heterocycles. The summed E-state index contributed by atoms with van der Waals surface area (Å²) in [5, 5.41) is 6.15. The van der Waals surface area contributed by atoms with Gasteiger partial charge in [-0.05, 0) is 6.07 Å². The lowest BCUT2D eigenvalue weighted by atomic mass is 10.2. The molecule has 0 aliphatic heterocycles. The van der Waals surface area contributed by atoms with Crippen molar-refractivity contribution in [3.05, 3.63) is 72.2 Å². The number of aromatic nitrogens is 7. The van der Waals surface area contributed by atoms with Crippen LogP contribution in [0.1, 0.15) is 0 Å². The number of hydrogen-bond donors (Lipinski definition) is 2. The lowest BCUT2D eigenvalue weighted by Crippen LogP contribution is -2.18. The summed E-state index contributed by atoms with van der Waals surface area (Å²) in [5.41, 5.74) is 1.09. The lowest BCUT2D eigenvalue weighted by Gasteiger charge is -2.07. The molecule has 0 bridgehead atoms.